The van der Waals surface area contributed by atoms with E-state index in [0.29, 0.717) is 5.75 Å². The van der Waals surface area contributed by atoms with Crippen molar-refractivity contribution in [3.05, 3.63) is 29.3 Å². The molecule has 24 heavy (non-hydrogen) atoms. The van der Waals surface area contributed by atoms with E-state index in [-0.39, 0.29) is 11.4 Å². The number of benzene rings is 1. The van der Waals surface area contributed by atoms with E-state index in [9.17, 15) is 9.90 Å². The van der Waals surface area contributed by atoms with Crippen molar-refractivity contribution in [2.45, 2.75) is 62.9 Å². The molecule has 0 unspecified atom stereocenters. The molecule has 1 aromatic rings. The number of fused-ring (bicyclic) bond motifs is 3. The van der Waals surface area contributed by atoms with Crippen molar-refractivity contribution in [2.24, 2.45) is 0 Å². The summed E-state index contributed by atoms with van der Waals surface area (Å²) in [5.74, 6) is 0.122. The van der Waals surface area contributed by atoms with Crippen LogP contribution in [0.25, 0.3) is 0 Å². The van der Waals surface area contributed by atoms with Crippen LogP contribution in [0.1, 0.15) is 56.6 Å². The van der Waals surface area contributed by atoms with Gasteiger partial charge in [0, 0.05) is 12.3 Å². The topological polar surface area (TPSA) is 49.8 Å². The fraction of sp³-hybridized carbons (Fsp3) is 0.650. The monoisotopic (exact) mass is 331 g/mol. The Morgan fingerprint density at radius 1 is 1.25 bits per heavy atom. The molecule has 1 saturated carbocycles. The molecule has 1 fully saturated rings. The highest BCUT2D eigenvalue weighted by molar-refractivity contribution is 5.67. The third kappa shape index (κ3) is 2.81. The van der Waals surface area contributed by atoms with Gasteiger partial charge in [-0.3, -0.25) is 4.79 Å². The van der Waals surface area contributed by atoms with Gasteiger partial charge >= 0.3 is 5.97 Å². The van der Waals surface area contributed by atoms with Crippen LogP contribution >= 0.6 is 0 Å². The van der Waals surface area contributed by atoms with Gasteiger partial charge < -0.3 is 14.7 Å². The first-order valence-corrected chi connectivity index (χ1v) is 9.05. The average Bonchev–Trinajstić information content (AvgIpc) is 2.52. The predicted molar refractivity (Wildman–Crippen MR) is 94.2 cm³/mol. The van der Waals surface area contributed by atoms with Crippen LogP contribution in [-0.4, -0.2) is 42.2 Å². The molecular weight excluding hydrogens is 302 g/mol. The standard InChI is InChI=1S/C20H29NO3/c1-15(22)24-20-10-5-4-9-19(20,12-13-21(2)3)18-14-17(23)7-6-16(18)8-11-20/h6-7,14,23H,4-5,8-13H2,1-3H3/t19-,20+/m0/s1. The van der Waals surface area contributed by atoms with E-state index >= 15 is 0 Å². The summed E-state index contributed by atoms with van der Waals surface area (Å²) >= 11 is 0. The Morgan fingerprint density at radius 3 is 2.71 bits per heavy atom. The molecule has 2 atom stereocenters. The molecule has 0 heterocycles. The molecule has 1 N–H and O–H groups in total. The molecule has 4 nitrogen and oxygen atoms in total. The van der Waals surface area contributed by atoms with Crippen molar-refractivity contribution in [3.63, 3.8) is 0 Å². The zero-order chi connectivity index (χ0) is 17.4. The van der Waals surface area contributed by atoms with Gasteiger partial charge in [-0.2, -0.15) is 0 Å². The van der Waals surface area contributed by atoms with E-state index in [1.54, 1.807) is 6.07 Å². The highest BCUT2D eigenvalue weighted by atomic mass is 16.6. The molecule has 0 aromatic heterocycles. The van der Waals surface area contributed by atoms with Gasteiger partial charge in [0.15, 0.2) is 0 Å². The number of phenols is 1. The fourth-order valence-corrected chi connectivity index (χ4v) is 4.99. The summed E-state index contributed by atoms with van der Waals surface area (Å²) in [7, 11) is 4.17. The third-order valence-corrected chi connectivity index (χ3v) is 6.04. The number of esters is 1. The van der Waals surface area contributed by atoms with Crippen molar-refractivity contribution in [2.75, 3.05) is 20.6 Å². The highest BCUT2D eigenvalue weighted by Gasteiger charge is 2.58. The smallest absolute Gasteiger partial charge is 0.303 e. The number of rotatable bonds is 4. The Bertz CT molecular complexity index is 627. The minimum absolute atomic E-state index is 0.185. The summed E-state index contributed by atoms with van der Waals surface area (Å²) in [6.07, 6.45) is 6.94. The van der Waals surface area contributed by atoms with Crippen molar-refractivity contribution < 1.29 is 14.6 Å². The van der Waals surface area contributed by atoms with Gasteiger partial charge in [-0.25, -0.2) is 0 Å². The second-order valence-corrected chi connectivity index (χ2v) is 7.77. The van der Waals surface area contributed by atoms with Gasteiger partial charge in [-0.15, -0.1) is 0 Å². The van der Waals surface area contributed by atoms with Crippen LogP contribution in [0.2, 0.25) is 0 Å². The molecule has 4 heteroatoms. The average molecular weight is 331 g/mol. The van der Waals surface area contributed by atoms with Crippen LogP contribution in [0, 0.1) is 0 Å². The number of phenolic OH excluding ortho intramolecular Hbond substituents is 1. The first-order valence-electron chi connectivity index (χ1n) is 9.05. The number of ether oxygens (including phenoxy) is 1. The number of hydrogen-bond acceptors (Lipinski definition) is 4. The first-order chi connectivity index (χ1) is 11.4. The highest BCUT2D eigenvalue weighted by Crippen LogP contribution is 2.57. The molecule has 0 bridgehead atoms. The fourth-order valence-electron chi connectivity index (χ4n) is 4.99. The van der Waals surface area contributed by atoms with Crippen LogP contribution in [0.4, 0.5) is 0 Å². The Hall–Kier alpha value is -1.55. The lowest BCUT2D eigenvalue weighted by molar-refractivity contribution is -0.177. The molecule has 1 aromatic carbocycles. The van der Waals surface area contributed by atoms with Crippen LogP contribution in [-0.2, 0) is 21.4 Å². The molecule has 132 valence electrons. The Labute approximate surface area is 144 Å². The second kappa shape index (κ2) is 6.40. The van der Waals surface area contributed by atoms with Gasteiger partial charge in [0.25, 0.3) is 0 Å². The number of hydrogen-bond donors (Lipinski definition) is 1. The van der Waals surface area contributed by atoms with E-state index in [2.05, 4.69) is 19.0 Å². The van der Waals surface area contributed by atoms with Gasteiger partial charge in [0.05, 0.1) is 0 Å². The quantitative estimate of drug-likeness (QED) is 0.859. The predicted octanol–water partition coefficient (Wildman–Crippen LogP) is 3.40. The molecule has 0 aliphatic heterocycles. The number of carbonyl (C=O) groups is 1. The lowest BCUT2D eigenvalue weighted by Gasteiger charge is -2.56. The normalized spacial score (nSPS) is 29.0. The minimum atomic E-state index is -0.423. The number of aromatic hydroxyl groups is 1. The van der Waals surface area contributed by atoms with Crippen molar-refractivity contribution in [1.82, 2.24) is 4.90 Å². The van der Waals surface area contributed by atoms with Crippen LogP contribution < -0.4 is 0 Å². The Morgan fingerprint density at radius 2 is 2.00 bits per heavy atom. The molecule has 0 spiro atoms. The van der Waals surface area contributed by atoms with Gasteiger partial charge in [-0.1, -0.05) is 12.5 Å². The summed E-state index contributed by atoms with van der Waals surface area (Å²) < 4.78 is 6.08. The molecule has 2 aliphatic carbocycles. The van der Waals surface area contributed by atoms with Gasteiger partial charge in [0.1, 0.15) is 11.4 Å². The van der Waals surface area contributed by atoms with Crippen LogP contribution in [0.15, 0.2) is 18.2 Å². The maximum Gasteiger partial charge on any atom is 0.303 e. The van der Waals surface area contributed by atoms with E-state index < -0.39 is 5.60 Å². The second-order valence-electron chi connectivity index (χ2n) is 7.77. The minimum Gasteiger partial charge on any atom is -0.508 e. The summed E-state index contributed by atoms with van der Waals surface area (Å²) in [6, 6.07) is 5.75. The Kier molecular flexibility index (Phi) is 4.60. The summed E-state index contributed by atoms with van der Waals surface area (Å²) in [5, 5.41) is 10.1. The largest absolute Gasteiger partial charge is 0.508 e. The molecule has 2 aliphatic rings. The van der Waals surface area contributed by atoms with Gasteiger partial charge in [0.2, 0.25) is 0 Å². The Balaban J connectivity index is 2.14. The molecule has 0 amide bonds. The molecular formula is C20H29NO3. The zero-order valence-electron chi connectivity index (χ0n) is 15.1. The van der Waals surface area contributed by atoms with Crippen molar-refractivity contribution >= 4 is 5.97 Å². The van der Waals surface area contributed by atoms with E-state index in [1.807, 2.05) is 12.1 Å². The SMILES string of the molecule is CC(=O)O[C@@]12CCCC[C@]1(CCN(C)C)c1cc(O)ccc1CC2. The first kappa shape index (κ1) is 17.3. The van der Waals surface area contributed by atoms with Crippen LogP contribution in [0.3, 0.4) is 0 Å². The summed E-state index contributed by atoms with van der Waals surface area (Å²) in [5.41, 5.74) is 1.90. The van der Waals surface area contributed by atoms with E-state index in [4.69, 9.17) is 4.74 Å². The van der Waals surface area contributed by atoms with E-state index in [1.165, 1.54) is 18.1 Å². The summed E-state index contributed by atoms with van der Waals surface area (Å²) in [4.78, 5) is 14.1. The van der Waals surface area contributed by atoms with Crippen molar-refractivity contribution in [3.8, 4) is 5.75 Å². The third-order valence-electron chi connectivity index (χ3n) is 6.04. The lowest BCUT2D eigenvalue weighted by Crippen LogP contribution is -2.59. The lowest BCUT2D eigenvalue weighted by atomic mass is 9.53. The van der Waals surface area contributed by atoms with Crippen LogP contribution in [0.5, 0.6) is 5.75 Å². The van der Waals surface area contributed by atoms with Gasteiger partial charge in [-0.05, 0) is 82.4 Å². The number of aryl methyl sites for hydroxylation is 1. The zero-order valence-corrected chi connectivity index (χ0v) is 15.1. The maximum atomic E-state index is 11.9. The van der Waals surface area contributed by atoms with E-state index in [0.717, 1.165) is 51.5 Å². The molecule has 0 radical (unpaired) electrons. The molecule has 0 saturated heterocycles. The number of carbonyl (C=O) groups excluding carboxylic acids is 1. The molecule has 3 rings (SSSR count). The number of nitrogens with zero attached hydrogens (tertiary/aromatic N) is 1. The summed E-state index contributed by atoms with van der Waals surface area (Å²) in [6.45, 7) is 2.47. The van der Waals surface area contributed by atoms with Crippen molar-refractivity contribution in [1.29, 1.82) is 0 Å². The maximum absolute atomic E-state index is 11.9.